The lowest BCUT2D eigenvalue weighted by molar-refractivity contribution is -0.197. The van der Waals surface area contributed by atoms with Gasteiger partial charge in [0.25, 0.3) is 0 Å². The molecule has 228 valence electrons. The van der Waals surface area contributed by atoms with Crippen LogP contribution in [0.25, 0.3) is 0 Å². The number of nitrogens with one attached hydrogen (secondary N) is 1. The Bertz CT molecular complexity index is 1560. The Morgan fingerprint density at radius 1 is 1.21 bits per heavy atom. The molecule has 0 aromatic heterocycles. The second kappa shape index (κ2) is 9.43. The number of phenolic OH excluding ortho intramolecular Hbond substituents is 1. The SMILES string of the molecule is CCOC(=O)c1ccc(C(F)(F)F)cc1NC(=O)C1C[C@@]2(O)[C@H]3Cc4ccc(O)c5c4[C@@]2(CCN3CC2CC2)[C@@H](O5)C1=O. The summed E-state index contributed by atoms with van der Waals surface area (Å²) >= 11 is 0. The van der Waals surface area contributed by atoms with Crippen LogP contribution in [-0.2, 0) is 32.3 Å². The van der Waals surface area contributed by atoms with Gasteiger partial charge >= 0.3 is 12.1 Å². The van der Waals surface area contributed by atoms with Crippen molar-refractivity contribution in [2.24, 2.45) is 11.8 Å². The Balaban J connectivity index is 1.28. The molecule has 2 aliphatic heterocycles. The van der Waals surface area contributed by atoms with E-state index in [1.807, 2.05) is 0 Å². The van der Waals surface area contributed by atoms with E-state index in [1.54, 1.807) is 6.07 Å². The summed E-state index contributed by atoms with van der Waals surface area (Å²) in [6, 6.07) is 5.13. The normalized spacial score (nSPS) is 30.8. The number of nitrogens with zero attached hydrogens (tertiary/aromatic N) is 1. The van der Waals surface area contributed by atoms with Gasteiger partial charge in [-0.15, -0.1) is 0 Å². The number of esters is 1. The Labute approximate surface area is 244 Å². The van der Waals surface area contributed by atoms with Crippen molar-refractivity contribution in [3.05, 3.63) is 52.6 Å². The summed E-state index contributed by atoms with van der Waals surface area (Å²) in [7, 11) is 0. The van der Waals surface area contributed by atoms with Crippen LogP contribution in [0.5, 0.6) is 11.5 Å². The van der Waals surface area contributed by atoms with E-state index in [0.29, 0.717) is 43.0 Å². The van der Waals surface area contributed by atoms with Gasteiger partial charge in [0.15, 0.2) is 23.4 Å². The first kappa shape index (κ1) is 28.1. The Morgan fingerprint density at radius 2 is 1.98 bits per heavy atom. The molecule has 43 heavy (non-hydrogen) atoms. The highest BCUT2D eigenvalue weighted by atomic mass is 19.4. The van der Waals surface area contributed by atoms with Gasteiger partial charge in [-0.3, -0.25) is 14.5 Å². The minimum absolute atomic E-state index is 0.0450. The number of carbonyl (C=O) groups is 3. The molecule has 3 aliphatic carbocycles. The molecule has 1 saturated heterocycles. The van der Waals surface area contributed by atoms with Crippen molar-refractivity contribution in [2.45, 2.75) is 68.4 Å². The number of carbonyl (C=O) groups excluding carboxylic acids is 3. The van der Waals surface area contributed by atoms with E-state index in [0.717, 1.165) is 31.0 Å². The standard InChI is InChI=1S/C31H31F3N2O7/c1-2-42-28(40)18-7-6-17(31(32,33)34)12-20(18)35-27(39)19-13-30(41)22-11-16-5-8-21(37)25-23(16)29(30,26(43-25)24(19)38)9-10-36(22)14-15-3-4-15/h5-8,12,15,19,22,26,37,41H,2-4,9-11,13-14H2,1H3,(H,35,39)/t19?,22-,26+,29+,30-/m1/s1. The van der Waals surface area contributed by atoms with Crippen LogP contribution in [0.15, 0.2) is 30.3 Å². The van der Waals surface area contributed by atoms with E-state index >= 15 is 0 Å². The van der Waals surface area contributed by atoms with E-state index in [2.05, 4.69) is 10.2 Å². The third-order valence-corrected chi connectivity index (χ3v) is 10.0. The van der Waals surface area contributed by atoms with Crippen LogP contribution in [0.4, 0.5) is 18.9 Å². The van der Waals surface area contributed by atoms with Gasteiger partial charge in [0.05, 0.1) is 34.4 Å². The molecule has 0 radical (unpaired) electrons. The number of alkyl halides is 3. The number of aromatic hydroxyl groups is 1. The van der Waals surface area contributed by atoms with E-state index in [1.165, 1.54) is 13.0 Å². The van der Waals surface area contributed by atoms with Crippen molar-refractivity contribution < 1.29 is 47.2 Å². The number of Topliss-reactive ketones (excluding diaryl/α,β-unsaturated/α-hetero) is 1. The maximum absolute atomic E-state index is 14.1. The van der Waals surface area contributed by atoms with Gasteiger partial charge < -0.3 is 25.0 Å². The summed E-state index contributed by atoms with van der Waals surface area (Å²) in [5.74, 6) is -3.54. The van der Waals surface area contributed by atoms with Gasteiger partial charge in [0, 0.05) is 18.2 Å². The number of halogens is 3. The molecule has 1 spiro atoms. The van der Waals surface area contributed by atoms with Crippen molar-refractivity contribution in [3.8, 4) is 11.5 Å². The molecule has 9 nitrogen and oxygen atoms in total. The van der Waals surface area contributed by atoms with Crippen LogP contribution >= 0.6 is 0 Å². The summed E-state index contributed by atoms with van der Waals surface area (Å²) in [5, 5.41) is 25.8. The van der Waals surface area contributed by atoms with E-state index < -0.39 is 64.2 Å². The summed E-state index contributed by atoms with van der Waals surface area (Å²) < 4.78 is 51.8. The van der Waals surface area contributed by atoms with Gasteiger partial charge in [-0.25, -0.2) is 4.79 Å². The largest absolute Gasteiger partial charge is 0.504 e. The van der Waals surface area contributed by atoms with Gasteiger partial charge in [-0.05, 0) is 81.3 Å². The smallest absolute Gasteiger partial charge is 0.416 e. The van der Waals surface area contributed by atoms with Crippen molar-refractivity contribution in [1.29, 1.82) is 0 Å². The number of piperidine rings is 1. The highest BCUT2D eigenvalue weighted by Gasteiger charge is 2.75. The minimum Gasteiger partial charge on any atom is -0.504 e. The molecule has 2 aromatic carbocycles. The molecule has 12 heteroatoms. The van der Waals surface area contributed by atoms with Gasteiger partial charge in [-0.1, -0.05) is 6.07 Å². The first-order chi connectivity index (χ1) is 20.4. The van der Waals surface area contributed by atoms with Crippen LogP contribution in [0.1, 0.15) is 59.7 Å². The summed E-state index contributed by atoms with van der Waals surface area (Å²) in [6.45, 7) is 2.87. The molecule has 2 saturated carbocycles. The zero-order valence-electron chi connectivity index (χ0n) is 23.4. The van der Waals surface area contributed by atoms with Crippen LogP contribution in [0.2, 0.25) is 0 Å². The van der Waals surface area contributed by atoms with Gasteiger partial charge in [0.2, 0.25) is 5.91 Å². The number of rotatable bonds is 6. The van der Waals surface area contributed by atoms with Gasteiger partial charge in [-0.2, -0.15) is 13.2 Å². The minimum atomic E-state index is -4.76. The molecular weight excluding hydrogens is 569 g/mol. The first-order valence-electron chi connectivity index (χ1n) is 14.6. The lowest BCUT2D eigenvalue weighted by Crippen LogP contribution is -2.78. The Morgan fingerprint density at radius 3 is 2.67 bits per heavy atom. The molecule has 2 heterocycles. The number of ketones is 1. The molecule has 7 rings (SSSR count). The topological polar surface area (TPSA) is 125 Å². The molecule has 2 bridgehead atoms. The van der Waals surface area contributed by atoms with E-state index in [4.69, 9.17) is 9.47 Å². The Hall–Kier alpha value is -3.64. The molecule has 3 fully saturated rings. The van der Waals surface area contributed by atoms with Crippen molar-refractivity contribution in [3.63, 3.8) is 0 Å². The second-order valence-electron chi connectivity index (χ2n) is 12.4. The third-order valence-electron chi connectivity index (χ3n) is 10.0. The second-order valence-corrected chi connectivity index (χ2v) is 12.4. The maximum Gasteiger partial charge on any atom is 0.416 e. The summed E-state index contributed by atoms with van der Waals surface area (Å²) in [4.78, 5) is 42.7. The Kier molecular flexibility index (Phi) is 6.17. The van der Waals surface area contributed by atoms with E-state index in [9.17, 15) is 37.8 Å². The fraction of sp³-hybridized carbons (Fsp3) is 0.516. The fourth-order valence-corrected chi connectivity index (χ4v) is 7.95. The molecule has 5 atom stereocenters. The highest BCUT2D eigenvalue weighted by molar-refractivity contribution is 6.12. The number of likely N-dealkylation sites (tertiary alicyclic amines) is 1. The molecule has 5 aliphatic rings. The summed E-state index contributed by atoms with van der Waals surface area (Å²) in [5.41, 5.74) is -3.15. The predicted molar refractivity (Wildman–Crippen MR) is 145 cm³/mol. The lowest BCUT2D eigenvalue weighted by Gasteiger charge is -2.63. The highest BCUT2D eigenvalue weighted by Crippen LogP contribution is 2.65. The van der Waals surface area contributed by atoms with Crippen LogP contribution in [0, 0.1) is 11.8 Å². The number of amides is 1. The lowest BCUT2D eigenvalue weighted by atomic mass is 9.47. The molecule has 2 aromatic rings. The van der Waals surface area contributed by atoms with Crippen LogP contribution in [0.3, 0.4) is 0 Å². The number of aliphatic hydroxyl groups is 1. The number of hydrogen-bond donors (Lipinski definition) is 3. The molecule has 1 unspecified atom stereocenters. The quantitative estimate of drug-likeness (QED) is 0.340. The zero-order valence-corrected chi connectivity index (χ0v) is 23.4. The molecule has 1 amide bonds. The number of ether oxygens (including phenoxy) is 2. The summed E-state index contributed by atoms with van der Waals surface area (Å²) in [6.07, 6.45) is -3.34. The first-order valence-corrected chi connectivity index (χ1v) is 14.6. The monoisotopic (exact) mass is 600 g/mol. The molecular formula is C31H31F3N2O7. The molecule has 3 N–H and O–H groups in total. The number of anilines is 1. The fourth-order valence-electron chi connectivity index (χ4n) is 7.95. The maximum atomic E-state index is 14.1. The van der Waals surface area contributed by atoms with E-state index in [-0.39, 0.29) is 30.1 Å². The third kappa shape index (κ3) is 4.02. The number of hydrogen-bond acceptors (Lipinski definition) is 8. The van der Waals surface area contributed by atoms with Gasteiger partial charge in [0.1, 0.15) is 5.92 Å². The average molecular weight is 601 g/mol. The van der Waals surface area contributed by atoms with Crippen molar-refractivity contribution >= 4 is 23.3 Å². The van der Waals surface area contributed by atoms with Crippen molar-refractivity contribution in [2.75, 3.05) is 25.0 Å². The zero-order chi connectivity index (χ0) is 30.5. The number of phenols is 1. The van der Waals surface area contributed by atoms with Crippen LogP contribution in [-0.4, -0.2) is 70.2 Å². The average Bonchev–Trinajstić information content (AvgIpc) is 3.69. The van der Waals surface area contributed by atoms with Crippen LogP contribution < -0.4 is 10.1 Å². The predicted octanol–water partition coefficient (Wildman–Crippen LogP) is 3.59. The number of benzene rings is 2. The van der Waals surface area contributed by atoms with Crippen molar-refractivity contribution in [1.82, 2.24) is 4.90 Å².